The summed E-state index contributed by atoms with van der Waals surface area (Å²) in [6, 6.07) is -0.328. The molecule has 0 aromatic heterocycles. The number of hydrogen-bond donors (Lipinski definition) is 2. The Bertz CT molecular complexity index is 186. The van der Waals surface area contributed by atoms with Gasteiger partial charge in [-0.05, 0) is 6.92 Å². The largest absolute Gasteiger partial charge is 0.465 e. The monoisotopic (exact) mass is 231 g/mol. The minimum absolute atomic E-state index is 0.0326. The summed E-state index contributed by atoms with van der Waals surface area (Å²) in [5.74, 6) is 0.317. The normalized spacial score (nSPS) is 13.7. The molecule has 0 rings (SSSR count). The van der Waals surface area contributed by atoms with E-state index in [1.807, 2.05) is 0 Å². The summed E-state index contributed by atoms with van der Waals surface area (Å²) < 4.78 is 35.0. The van der Waals surface area contributed by atoms with Crippen LogP contribution in [-0.4, -0.2) is 34.9 Å². The maximum atomic E-state index is 11.7. The van der Waals surface area contributed by atoms with Crippen LogP contribution in [-0.2, 0) is 0 Å². The highest BCUT2D eigenvalue weighted by atomic mass is 32.2. The van der Waals surface area contributed by atoms with Gasteiger partial charge in [0.05, 0.1) is 6.42 Å². The number of carboxylic acid groups (broad SMARTS) is 1. The van der Waals surface area contributed by atoms with Crippen molar-refractivity contribution in [3.63, 3.8) is 0 Å². The van der Waals surface area contributed by atoms with E-state index in [0.29, 0.717) is 5.75 Å². The maximum absolute atomic E-state index is 11.7. The molecule has 1 unspecified atom stereocenters. The van der Waals surface area contributed by atoms with Gasteiger partial charge < -0.3 is 10.4 Å². The Kier molecular flexibility index (Phi) is 5.75. The molecular weight excluding hydrogens is 219 g/mol. The lowest BCUT2D eigenvalue weighted by atomic mass is 10.4. The Morgan fingerprint density at radius 1 is 1.57 bits per heavy atom. The van der Waals surface area contributed by atoms with E-state index in [1.165, 1.54) is 0 Å². The first-order chi connectivity index (χ1) is 6.31. The summed E-state index contributed by atoms with van der Waals surface area (Å²) >= 11 is 1.08. The Morgan fingerprint density at radius 3 is 2.57 bits per heavy atom. The first-order valence-electron chi connectivity index (χ1n) is 3.95. The molecule has 7 heteroatoms. The van der Waals surface area contributed by atoms with Crippen LogP contribution in [0.2, 0.25) is 0 Å². The third kappa shape index (κ3) is 9.50. The van der Waals surface area contributed by atoms with Gasteiger partial charge in [-0.1, -0.05) is 0 Å². The van der Waals surface area contributed by atoms with Crippen molar-refractivity contribution in [2.45, 2.75) is 25.6 Å². The average Bonchev–Trinajstić information content (AvgIpc) is 1.95. The summed E-state index contributed by atoms with van der Waals surface area (Å²) in [4.78, 5) is 10.1. The van der Waals surface area contributed by atoms with Gasteiger partial charge in [0.15, 0.2) is 0 Å². The molecule has 0 heterocycles. The molecule has 0 aromatic carbocycles. The van der Waals surface area contributed by atoms with Crippen molar-refractivity contribution < 1.29 is 23.1 Å². The van der Waals surface area contributed by atoms with Gasteiger partial charge in [-0.2, -0.15) is 24.9 Å². The summed E-state index contributed by atoms with van der Waals surface area (Å²) in [5, 5.41) is 10.4. The third-order valence-electron chi connectivity index (χ3n) is 1.27. The van der Waals surface area contributed by atoms with Crippen LogP contribution in [0.5, 0.6) is 0 Å². The zero-order chi connectivity index (χ0) is 11.2. The van der Waals surface area contributed by atoms with E-state index in [4.69, 9.17) is 5.11 Å². The molecule has 0 saturated heterocycles. The van der Waals surface area contributed by atoms with Crippen molar-refractivity contribution in [3.8, 4) is 0 Å². The predicted molar refractivity (Wildman–Crippen MR) is 48.6 cm³/mol. The molecule has 0 aliphatic rings. The molecule has 0 aromatic rings. The fraction of sp³-hybridized carbons (Fsp3) is 0.857. The number of thioether (sulfide) groups is 1. The molecule has 3 nitrogen and oxygen atoms in total. The lowest BCUT2D eigenvalue weighted by molar-refractivity contribution is -0.129. The van der Waals surface area contributed by atoms with Crippen LogP contribution in [0.1, 0.15) is 13.3 Å². The quantitative estimate of drug-likeness (QED) is 0.714. The second-order valence-corrected chi connectivity index (χ2v) is 3.94. The summed E-state index contributed by atoms with van der Waals surface area (Å²) in [6.07, 6.45) is -6.12. The number of amides is 1. The molecule has 1 amide bonds. The second kappa shape index (κ2) is 6.00. The lowest BCUT2D eigenvalue weighted by Gasteiger charge is -2.11. The Morgan fingerprint density at radius 2 is 2.14 bits per heavy atom. The summed E-state index contributed by atoms with van der Waals surface area (Å²) in [7, 11) is 0. The maximum Gasteiger partial charge on any atom is 0.404 e. The van der Waals surface area contributed by atoms with Gasteiger partial charge in [0.2, 0.25) is 0 Å². The SMILES string of the molecule is CC(CSCCC(F)(F)F)NC(=O)O. The van der Waals surface area contributed by atoms with Crippen LogP contribution in [0.15, 0.2) is 0 Å². The van der Waals surface area contributed by atoms with Crippen molar-refractivity contribution in [1.82, 2.24) is 5.32 Å². The van der Waals surface area contributed by atoms with E-state index in [0.717, 1.165) is 11.8 Å². The molecule has 2 N–H and O–H groups in total. The van der Waals surface area contributed by atoms with Gasteiger partial charge in [-0.25, -0.2) is 4.79 Å². The molecule has 0 aliphatic heterocycles. The van der Waals surface area contributed by atoms with Crippen molar-refractivity contribution in [1.29, 1.82) is 0 Å². The van der Waals surface area contributed by atoms with Gasteiger partial charge in [0.25, 0.3) is 0 Å². The molecule has 84 valence electrons. The fourth-order valence-corrected chi connectivity index (χ4v) is 1.68. The number of carbonyl (C=O) groups is 1. The zero-order valence-electron chi connectivity index (χ0n) is 7.60. The fourth-order valence-electron chi connectivity index (χ4n) is 0.700. The lowest BCUT2D eigenvalue weighted by Crippen LogP contribution is -2.32. The van der Waals surface area contributed by atoms with E-state index < -0.39 is 18.7 Å². The Hall–Kier alpha value is -0.590. The smallest absolute Gasteiger partial charge is 0.404 e. The zero-order valence-corrected chi connectivity index (χ0v) is 8.41. The first kappa shape index (κ1) is 13.4. The number of halogens is 3. The molecular formula is C7H12F3NO2S. The van der Waals surface area contributed by atoms with E-state index in [2.05, 4.69) is 5.32 Å². The minimum Gasteiger partial charge on any atom is -0.465 e. The Balaban J connectivity index is 3.41. The van der Waals surface area contributed by atoms with E-state index in [1.54, 1.807) is 6.92 Å². The van der Waals surface area contributed by atoms with Gasteiger partial charge in [0, 0.05) is 17.5 Å². The highest BCUT2D eigenvalue weighted by Gasteiger charge is 2.26. The average molecular weight is 231 g/mol. The first-order valence-corrected chi connectivity index (χ1v) is 5.10. The predicted octanol–water partition coefficient (Wildman–Crippen LogP) is 2.33. The van der Waals surface area contributed by atoms with Crippen LogP contribution >= 0.6 is 11.8 Å². The van der Waals surface area contributed by atoms with Crippen LogP contribution in [0.4, 0.5) is 18.0 Å². The highest BCUT2D eigenvalue weighted by molar-refractivity contribution is 7.99. The standard InChI is InChI=1S/C7H12F3NO2S/c1-5(11-6(12)13)4-14-3-2-7(8,9)10/h5,11H,2-4H2,1H3,(H,12,13). The summed E-state index contributed by atoms with van der Waals surface area (Å²) in [6.45, 7) is 1.61. The van der Waals surface area contributed by atoms with Crippen LogP contribution in [0, 0.1) is 0 Å². The second-order valence-electron chi connectivity index (χ2n) is 2.79. The van der Waals surface area contributed by atoms with Crippen LogP contribution < -0.4 is 5.32 Å². The Labute approximate surface area is 84.1 Å². The third-order valence-corrected chi connectivity index (χ3v) is 2.50. The molecule has 0 aliphatic carbocycles. The van der Waals surface area contributed by atoms with E-state index in [-0.39, 0.29) is 11.8 Å². The van der Waals surface area contributed by atoms with Crippen molar-refractivity contribution >= 4 is 17.9 Å². The van der Waals surface area contributed by atoms with Crippen LogP contribution in [0.3, 0.4) is 0 Å². The molecule has 0 saturated carbocycles. The number of hydrogen-bond acceptors (Lipinski definition) is 2. The van der Waals surface area contributed by atoms with Crippen molar-refractivity contribution in [2.24, 2.45) is 0 Å². The van der Waals surface area contributed by atoms with Crippen molar-refractivity contribution in [3.05, 3.63) is 0 Å². The van der Waals surface area contributed by atoms with Crippen LogP contribution in [0.25, 0.3) is 0 Å². The van der Waals surface area contributed by atoms with Crippen molar-refractivity contribution in [2.75, 3.05) is 11.5 Å². The minimum atomic E-state index is -4.13. The molecule has 0 fully saturated rings. The van der Waals surface area contributed by atoms with E-state index in [9.17, 15) is 18.0 Å². The molecule has 0 bridgehead atoms. The number of nitrogens with one attached hydrogen (secondary N) is 1. The molecule has 1 atom stereocenters. The van der Waals surface area contributed by atoms with Gasteiger partial charge in [-0.15, -0.1) is 0 Å². The van der Waals surface area contributed by atoms with Gasteiger partial charge >= 0.3 is 12.3 Å². The van der Waals surface area contributed by atoms with Gasteiger partial charge in [0.1, 0.15) is 0 Å². The number of alkyl halides is 3. The highest BCUT2D eigenvalue weighted by Crippen LogP contribution is 2.22. The molecule has 14 heavy (non-hydrogen) atoms. The summed E-state index contributed by atoms with van der Waals surface area (Å²) in [5.41, 5.74) is 0. The number of rotatable bonds is 5. The molecule has 0 spiro atoms. The van der Waals surface area contributed by atoms with Gasteiger partial charge in [-0.3, -0.25) is 0 Å². The topological polar surface area (TPSA) is 49.3 Å². The van der Waals surface area contributed by atoms with E-state index >= 15 is 0 Å². The molecule has 0 radical (unpaired) electrons.